The molecule has 2 bridgehead atoms. The first-order valence-corrected chi connectivity index (χ1v) is 18.1. The smallest absolute Gasteiger partial charge is 0.230 e. The van der Waals surface area contributed by atoms with Crippen molar-refractivity contribution in [3.63, 3.8) is 0 Å². The lowest BCUT2D eigenvalue weighted by Gasteiger charge is -2.32. The van der Waals surface area contributed by atoms with Gasteiger partial charge in [0, 0.05) is 47.6 Å². The number of rotatable bonds is 3. The van der Waals surface area contributed by atoms with E-state index in [1.165, 1.54) is 31.3 Å². The van der Waals surface area contributed by atoms with Crippen molar-refractivity contribution in [1.82, 2.24) is 10.3 Å². The quantitative estimate of drug-likeness (QED) is 0.190. The molecule has 2 unspecified atom stereocenters. The Bertz CT molecular complexity index is 2000. The summed E-state index contributed by atoms with van der Waals surface area (Å²) in [5.74, 6) is 0.331. The van der Waals surface area contributed by atoms with E-state index >= 15 is 8.78 Å². The Labute approximate surface area is 295 Å². The van der Waals surface area contributed by atoms with E-state index in [0.29, 0.717) is 24.8 Å². The summed E-state index contributed by atoms with van der Waals surface area (Å²) in [6.45, 7) is 6.53. The Morgan fingerprint density at radius 1 is 1.06 bits per heavy atom. The van der Waals surface area contributed by atoms with Crippen LogP contribution in [-0.2, 0) is 27.8 Å². The zero-order valence-corrected chi connectivity index (χ0v) is 29.7. The van der Waals surface area contributed by atoms with Crippen molar-refractivity contribution >= 4 is 46.2 Å². The van der Waals surface area contributed by atoms with Gasteiger partial charge in [0.1, 0.15) is 17.4 Å². The van der Waals surface area contributed by atoms with E-state index in [4.69, 9.17) is 15.5 Å². The molecular formula is C39H43F2N5O3S. The van der Waals surface area contributed by atoms with Gasteiger partial charge in [-0.15, -0.1) is 0 Å². The number of thioether (sulfide) groups is 1. The van der Waals surface area contributed by atoms with Gasteiger partial charge in [-0.05, 0) is 84.9 Å². The lowest BCUT2D eigenvalue weighted by atomic mass is 9.74. The number of aliphatic imine (C=N–C) groups is 2. The predicted octanol–water partition coefficient (Wildman–Crippen LogP) is 7.62. The average Bonchev–Trinajstić information content (AvgIpc) is 3.67. The Hall–Kier alpha value is -4.51. The number of hydrogen-bond donors (Lipinski definition) is 3. The number of ether oxygens (including phenoxy) is 1. The third-order valence-electron chi connectivity index (χ3n) is 9.90. The molecule has 2 amide bonds. The predicted molar refractivity (Wildman–Crippen MR) is 196 cm³/mol. The number of nitrogens with one attached hydrogen (secondary N) is 2. The van der Waals surface area contributed by atoms with E-state index in [2.05, 4.69) is 29.1 Å². The van der Waals surface area contributed by atoms with Gasteiger partial charge in [0.05, 0.1) is 11.5 Å². The Morgan fingerprint density at radius 3 is 2.64 bits per heavy atom. The van der Waals surface area contributed by atoms with E-state index in [1.54, 1.807) is 6.20 Å². The molecule has 4 N–H and O–H groups in total. The third-order valence-corrected chi connectivity index (χ3v) is 11.4. The van der Waals surface area contributed by atoms with Crippen molar-refractivity contribution in [2.75, 3.05) is 18.6 Å². The Morgan fingerprint density at radius 2 is 1.88 bits per heavy atom. The molecule has 2 aliphatic heterocycles. The second-order valence-electron chi connectivity index (χ2n) is 14.3. The van der Waals surface area contributed by atoms with E-state index in [0.717, 1.165) is 46.4 Å². The maximum Gasteiger partial charge on any atom is 0.230 e. The van der Waals surface area contributed by atoms with Gasteiger partial charge in [0.25, 0.3) is 0 Å². The lowest BCUT2D eigenvalue weighted by Crippen LogP contribution is -2.40. The first kappa shape index (κ1) is 35.3. The minimum Gasteiger partial charge on any atom is -0.454 e. The van der Waals surface area contributed by atoms with Gasteiger partial charge in [0.2, 0.25) is 11.8 Å². The summed E-state index contributed by atoms with van der Waals surface area (Å²) in [5.41, 5.74) is 9.46. The highest BCUT2D eigenvalue weighted by molar-refractivity contribution is 7.99. The van der Waals surface area contributed by atoms with Crippen LogP contribution in [0, 0.1) is 23.0 Å². The van der Waals surface area contributed by atoms with Crippen LogP contribution in [0.4, 0.5) is 8.78 Å². The summed E-state index contributed by atoms with van der Waals surface area (Å²) in [6, 6.07) is 15.4. The maximum absolute atomic E-state index is 15.6. The summed E-state index contributed by atoms with van der Waals surface area (Å²) in [7, 11) is 1.52. The highest BCUT2D eigenvalue weighted by Crippen LogP contribution is 2.39. The molecule has 6 rings (SSSR count). The first-order chi connectivity index (χ1) is 23.9. The van der Waals surface area contributed by atoms with Crippen molar-refractivity contribution in [2.24, 2.45) is 27.1 Å². The second-order valence-corrected chi connectivity index (χ2v) is 15.4. The van der Waals surface area contributed by atoms with Crippen LogP contribution in [0.1, 0.15) is 68.7 Å². The van der Waals surface area contributed by atoms with E-state index in [-0.39, 0.29) is 52.4 Å². The zero-order chi connectivity index (χ0) is 35.6. The number of hydrogen-bond acceptors (Lipinski definition) is 6. The number of nitrogens with two attached hydrogens (primary N) is 1. The number of benzene rings is 3. The largest absolute Gasteiger partial charge is 0.454 e. The molecule has 3 heterocycles. The number of imide groups is 1. The zero-order valence-electron chi connectivity index (χ0n) is 28.9. The Balaban J connectivity index is 1.41. The molecule has 0 radical (unpaired) electrons. The van der Waals surface area contributed by atoms with Gasteiger partial charge in [-0.1, -0.05) is 44.5 Å². The molecule has 50 heavy (non-hydrogen) atoms. The summed E-state index contributed by atoms with van der Waals surface area (Å²) in [6.07, 6.45) is 5.35. The fourth-order valence-corrected chi connectivity index (χ4v) is 8.13. The maximum atomic E-state index is 15.6. The molecule has 8 nitrogen and oxygen atoms in total. The highest BCUT2D eigenvalue weighted by atomic mass is 32.2. The third kappa shape index (κ3) is 7.47. The minimum absolute atomic E-state index is 0.00553. The van der Waals surface area contributed by atoms with Crippen LogP contribution in [0.3, 0.4) is 0 Å². The summed E-state index contributed by atoms with van der Waals surface area (Å²) in [5, 5.41) is 3.28. The normalized spacial score (nSPS) is 22.7. The number of carbonyl (C=O) groups is 2. The number of fused-ring (bicyclic) bond motifs is 5. The second kappa shape index (κ2) is 14.4. The lowest BCUT2D eigenvalue weighted by molar-refractivity contribution is -0.125. The molecule has 3 aromatic carbocycles. The fraction of sp³-hybridized carbons (Fsp3) is 0.385. The van der Waals surface area contributed by atoms with Crippen LogP contribution >= 0.6 is 11.8 Å². The van der Waals surface area contributed by atoms with Crippen molar-refractivity contribution in [2.45, 2.75) is 64.7 Å². The highest BCUT2D eigenvalue weighted by Gasteiger charge is 2.35. The van der Waals surface area contributed by atoms with Crippen LogP contribution in [0.5, 0.6) is 11.5 Å². The average molecular weight is 700 g/mol. The van der Waals surface area contributed by atoms with Gasteiger partial charge in [0.15, 0.2) is 17.4 Å². The van der Waals surface area contributed by atoms with E-state index in [1.807, 2.05) is 49.0 Å². The Kier molecular flexibility index (Phi) is 10.2. The van der Waals surface area contributed by atoms with Crippen LogP contribution < -0.4 is 15.8 Å². The van der Waals surface area contributed by atoms with Crippen LogP contribution in [0.2, 0.25) is 0 Å². The number of halogens is 2. The summed E-state index contributed by atoms with van der Waals surface area (Å²) >= 11 is 1.83. The molecule has 11 heteroatoms. The number of H-pyrrole nitrogens is 1. The van der Waals surface area contributed by atoms with Gasteiger partial charge in [-0.25, -0.2) is 13.8 Å². The van der Waals surface area contributed by atoms with Crippen LogP contribution in [0.15, 0.2) is 70.8 Å². The molecule has 0 spiro atoms. The molecule has 1 saturated heterocycles. The van der Waals surface area contributed by atoms with Gasteiger partial charge in [-0.2, -0.15) is 11.8 Å². The summed E-state index contributed by atoms with van der Waals surface area (Å²) in [4.78, 5) is 36.4. The molecule has 262 valence electrons. The van der Waals surface area contributed by atoms with Crippen molar-refractivity contribution in [3.05, 3.63) is 94.7 Å². The number of amides is 2. The first-order valence-electron chi connectivity index (χ1n) is 17.0. The van der Waals surface area contributed by atoms with Gasteiger partial charge in [-0.3, -0.25) is 19.9 Å². The number of aromatic amines is 1. The molecule has 0 saturated carbocycles. The number of nitrogens with zero attached hydrogens (tertiary/aromatic N) is 2. The topological polar surface area (TPSA) is 122 Å². The van der Waals surface area contributed by atoms with Crippen LogP contribution in [-0.4, -0.2) is 47.0 Å². The SMILES string of the molecule is CN=C1N=C(N)C(C)(c2cccc(CC3CC(=O)NC3=O)c2)CCCC(C)(C)CSCCc2c(c(F)cc3[nH]ccc23)Oc2ccc(F)c1c2. The number of aryl methyl sites for hydroxylation is 1. The molecule has 1 aromatic heterocycles. The van der Waals surface area contributed by atoms with Crippen molar-refractivity contribution < 1.29 is 23.1 Å². The molecule has 2 aliphatic rings. The molecule has 4 aromatic rings. The van der Waals surface area contributed by atoms with E-state index < -0.39 is 23.0 Å². The monoisotopic (exact) mass is 699 g/mol. The van der Waals surface area contributed by atoms with Gasteiger partial charge >= 0.3 is 0 Å². The molecule has 1 fully saturated rings. The summed E-state index contributed by atoms with van der Waals surface area (Å²) < 4.78 is 37.4. The number of carbonyl (C=O) groups excluding carboxylic acids is 2. The number of amidine groups is 2. The minimum atomic E-state index is -0.775. The van der Waals surface area contributed by atoms with Gasteiger partial charge < -0.3 is 15.5 Å². The fourth-order valence-electron chi connectivity index (χ4n) is 6.94. The number of aromatic nitrogens is 1. The van der Waals surface area contributed by atoms with E-state index in [9.17, 15) is 9.59 Å². The van der Waals surface area contributed by atoms with Crippen molar-refractivity contribution in [3.8, 4) is 11.5 Å². The molecular weight excluding hydrogens is 657 g/mol. The standard InChI is InChI=1S/C39H43F2N5O3S/c1-38(2)13-6-14-39(3,25-8-5-7-23(18-25)17-24-19-33(47)45-36(24)48)37(42)46-35(43-4)29-20-26(9-10-30(29)40)49-34-28(12-16-50-22-38)27-11-15-44-32(27)21-31(34)41/h5,7-11,15,18,20-21,24,44H,6,12-14,16-17,19,22H2,1-4H3,(H2,42,43,46)(H,45,47,48). The molecule has 2 atom stereocenters. The van der Waals surface area contributed by atoms with Crippen LogP contribution in [0.25, 0.3) is 10.9 Å². The van der Waals surface area contributed by atoms with Crippen molar-refractivity contribution in [1.29, 1.82) is 0 Å². The molecule has 0 aliphatic carbocycles.